The van der Waals surface area contributed by atoms with Gasteiger partial charge in [-0.25, -0.2) is 0 Å². The molecule has 2 unspecified atom stereocenters. The summed E-state index contributed by atoms with van der Waals surface area (Å²) >= 11 is 4.09. The fraction of sp³-hybridized carbons (Fsp3) is 1.00. The van der Waals surface area contributed by atoms with Gasteiger partial charge in [0.15, 0.2) is 0 Å². The zero-order valence-electron chi connectivity index (χ0n) is 6.48. The molecule has 0 aromatic rings. The standard InChI is InChI=1S/C7H15NO2S/c9-6-4-8(2-1-3-11)5-7(6)10/h6-7,9-11H,1-5H2. The highest BCUT2D eigenvalue weighted by Crippen LogP contribution is 2.09. The average molecular weight is 177 g/mol. The predicted molar refractivity (Wildman–Crippen MR) is 46.9 cm³/mol. The van der Waals surface area contributed by atoms with Crippen LogP contribution in [0.3, 0.4) is 0 Å². The molecule has 1 aliphatic heterocycles. The first kappa shape index (κ1) is 9.32. The van der Waals surface area contributed by atoms with E-state index < -0.39 is 12.2 Å². The van der Waals surface area contributed by atoms with Gasteiger partial charge < -0.3 is 10.2 Å². The Bertz CT molecular complexity index is 113. The minimum absolute atomic E-state index is 0.546. The Morgan fingerprint density at radius 2 is 1.82 bits per heavy atom. The lowest BCUT2D eigenvalue weighted by Gasteiger charge is -2.12. The number of likely N-dealkylation sites (tertiary alicyclic amines) is 1. The van der Waals surface area contributed by atoms with E-state index in [0.29, 0.717) is 13.1 Å². The summed E-state index contributed by atoms with van der Waals surface area (Å²) in [6.45, 7) is 2.14. The first-order valence-corrected chi connectivity index (χ1v) is 4.56. The topological polar surface area (TPSA) is 43.7 Å². The van der Waals surface area contributed by atoms with Crippen molar-refractivity contribution in [2.45, 2.75) is 18.6 Å². The minimum atomic E-state index is -0.546. The molecule has 1 aliphatic rings. The Kier molecular flexibility index (Phi) is 3.65. The second-order valence-electron chi connectivity index (χ2n) is 2.97. The van der Waals surface area contributed by atoms with E-state index >= 15 is 0 Å². The summed E-state index contributed by atoms with van der Waals surface area (Å²) in [6, 6.07) is 0. The van der Waals surface area contributed by atoms with Gasteiger partial charge in [-0.15, -0.1) is 0 Å². The van der Waals surface area contributed by atoms with Crippen molar-refractivity contribution in [3.8, 4) is 0 Å². The largest absolute Gasteiger partial charge is 0.389 e. The van der Waals surface area contributed by atoms with Crippen molar-refractivity contribution in [2.24, 2.45) is 0 Å². The van der Waals surface area contributed by atoms with Crippen LogP contribution in [0.1, 0.15) is 6.42 Å². The summed E-state index contributed by atoms with van der Waals surface area (Å²) in [4.78, 5) is 2.06. The predicted octanol–water partition coefficient (Wildman–Crippen LogP) is -0.656. The van der Waals surface area contributed by atoms with Crippen LogP contribution in [0, 0.1) is 0 Å². The van der Waals surface area contributed by atoms with Crippen molar-refractivity contribution in [2.75, 3.05) is 25.4 Å². The molecule has 1 heterocycles. The van der Waals surface area contributed by atoms with Crippen molar-refractivity contribution < 1.29 is 10.2 Å². The van der Waals surface area contributed by atoms with Crippen LogP contribution in [0.2, 0.25) is 0 Å². The minimum Gasteiger partial charge on any atom is -0.389 e. The van der Waals surface area contributed by atoms with Gasteiger partial charge >= 0.3 is 0 Å². The SMILES string of the molecule is OC1CN(CCCS)CC1O. The van der Waals surface area contributed by atoms with E-state index in [4.69, 9.17) is 10.2 Å². The van der Waals surface area contributed by atoms with Crippen LogP contribution in [0.5, 0.6) is 0 Å². The molecule has 1 rings (SSSR count). The maximum Gasteiger partial charge on any atom is 0.0938 e. The van der Waals surface area contributed by atoms with Gasteiger partial charge in [0.25, 0.3) is 0 Å². The second-order valence-corrected chi connectivity index (χ2v) is 3.42. The lowest BCUT2D eigenvalue weighted by Crippen LogP contribution is -2.23. The number of rotatable bonds is 3. The summed E-state index contributed by atoms with van der Waals surface area (Å²) in [6.07, 6.45) is -0.0763. The monoisotopic (exact) mass is 177 g/mol. The molecular weight excluding hydrogens is 162 g/mol. The van der Waals surface area contributed by atoms with Gasteiger partial charge in [0, 0.05) is 13.1 Å². The zero-order chi connectivity index (χ0) is 8.27. The molecule has 0 radical (unpaired) electrons. The number of aliphatic hydroxyl groups excluding tert-OH is 2. The van der Waals surface area contributed by atoms with E-state index in [9.17, 15) is 0 Å². The van der Waals surface area contributed by atoms with Gasteiger partial charge in [-0.1, -0.05) is 0 Å². The molecule has 3 nitrogen and oxygen atoms in total. The Hall–Kier alpha value is 0.230. The highest BCUT2D eigenvalue weighted by molar-refractivity contribution is 7.80. The smallest absolute Gasteiger partial charge is 0.0938 e. The molecular formula is C7H15NO2S. The molecule has 0 aromatic carbocycles. The van der Waals surface area contributed by atoms with Crippen molar-refractivity contribution in [3.05, 3.63) is 0 Å². The fourth-order valence-electron chi connectivity index (χ4n) is 1.32. The van der Waals surface area contributed by atoms with E-state index in [1.807, 2.05) is 0 Å². The summed E-state index contributed by atoms with van der Waals surface area (Å²) < 4.78 is 0. The van der Waals surface area contributed by atoms with Crippen LogP contribution in [0.4, 0.5) is 0 Å². The molecule has 1 saturated heterocycles. The Morgan fingerprint density at radius 1 is 1.27 bits per heavy atom. The van der Waals surface area contributed by atoms with Crippen molar-refractivity contribution in [3.63, 3.8) is 0 Å². The summed E-state index contributed by atoms with van der Waals surface area (Å²) in [5.41, 5.74) is 0. The molecule has 2 N–H and O–H groups in total. The van der Waals surface area contributed by atoms with E-state index in [1.54, 1.807) is 0 Å². The third-order valence-electron chi connectivity index (χ3n) is 1.97. The van der Waals surface area contributed by atoms with E-state index in [-0.39, 0.29) is 0 Å². The molecule has 1 fully saturated rings. The number of aliphatic hydroxyl groups is 2. The number of hydrogen-bond acceptors (Lipinski definition) is 4. The molecule has 0 bridgehead atoms. The van der Waals surface area contributed by atoms with Gasteiger partial charge in [-0.2, -0.15) is 12.6 Å². The van der Waals surface area contributed by atoms with Crippen LogP contribution >= 0.6 is 12.6 Å². The van der Waals surface area contributed by atoms with Crippen LogP contribution in [-0.2, 0) is 0 Å². The highest BCUT2D eigenvalue weighted by Gasteiger charge is 2.28. The van der Waals surface area contributed by atoms with E-state index in [0.717, 1.165) is 18.7 Å². The summed E-state index contributed by atoms with van der Waals surface area (Å²) in [5.74, 6) is 0.864. The molecule has 0 amide bonds. The number of thiol groups is 1. The molecule has 0 saturated carbocycles. The van der Waals surface area contributed by atoms with Gasteiger partial charge in [0.2, 0.25) is 0 Å². The fourth-order valence-corrected chi connectivity index (χ4v) is 1.47. The molecule has 2 atom stereocenters. The van der Waals surface area contributed by atoms with E-state index in [1.165, 1.54) is 0 Å². The molecule has 4 heteroatoms. The van der Waals surface area contributed by atoms with Crippen LogP contribution < -0.4 is 0 Å². The zero-order valence-corrected chi connectivity index (χ0v) is 7.37. The summed E-state index contributed by atoms with van der Waals surface area (Å²) in [5, 5.41) is 18.3. The molecule has 0 spiro atoms. The Balaban J connectivity index is 2.18. The lowest BCUT2D eigenvalue weighted by atomic mass is 10.3. The Labute approximate surface area is 72.4 Å². The van der Waals surface area contributed by atoms with Gasteiger partial charge in [-0.05, 0) is 18.7 Å². The molecule has 0 aromatic heterocycles. The Morgan fingerprint density at radius 3 is 2.27 bits per heavy atom. The molecule has 0 aliphatic carbocycles. The van der Waals surface area contributed by atoms with Gasteiger partial charge in [0.05, 0.1) is 12.2 Å². The van der Waals surface area contributed by atoms with Crippen molar-refractivity contribution in [1.82, 2.24) is 4.90 Å². The maximum atomic E-state index is 9.16. The van der Waals surface area contributed by atoms with Gasteiger partial charge in [-0.3, -0.25) is 4.90 Å². The second kappa shape index (κ2) is 4.30. The molecule has 66 valence electrons. The van der Waals surface area contributed by atoms with Crippen molar-refractivity contribution >= 4 is 12.6 Å². The summed E-state index contributed by atoms with van der Waals surface area (Å²) in [7, 11) is 0. The number of β-amino-alcohol motifs (C(OH)–C–C–N with tert-alkyl or cyclic N) is 2. The lowest BCUT2D eigenvalue weighted by molar-refractivity contribution is 0.0572. The first-order valence-electron chi connectivity index (χ1n) is 3.93. The maximum absolute atomic E-state index is 9.16. The van der Waals surface area contributed by atoms with Gasteiger partial charge in [0.1, 0.15) is 0 Å². The quantitative estimate of drug-likeness (QED) is 0.502. The van der Waals surface area contributed by atoms with Crippen LogP contribution in [0.25, 0.3) is 0 Å². The normalized spacial score (nSPS) is 33.0. The van der Waals surface area contributed by atoms with E-state index in [2.05, 4.69) is 17.5 Å². The van der Waals surface area contributed by atoms with Crippen LogP contribution in [0.15, 0.2) is 0 Å². The first-order chi connectivity index (χ1) is 5.24. The van der Waals surface area contributed by atoms with Crippen molar-refractivity contribution in [1.29, 1.82) is 0 Å². The van der Waals surface area contributed by atoms with Crippen LogP contribution in [-0.4, -0.2) is 52.7 Å². The average Bonchev–Trinajstić information content (AvgIpc) is 2.28. The third-order valence-corrected chi connectivity index (χ3v) is 2.28. The number of nitrogens with zero attached hydrogens (tertiary/aromatic N) is 1. The molecule has 11 heavy (non-hydrogen) atoms. The third kappa shape index (κ3) is 2.63. The number of hydrogen-bond donors (Lipinski definition) is 3. The highest BCUT2D eigenvalue weighted by atomic mass is 32.1.